The Morgan fingerprint density at radius 1 is 1.52 bits per heavy atom. The van der Waals surface area contributed by atoms with Crippen LogP contribution >= 0.6 is 0 Å². The Hall–Kier alpha value is -1.42. The molecule has 21 heavy (non-hydrogen) atoms. The minimum absolute atomic E-state index is 0.0788. The summed E-state index contributed by atoms with van der Waals surface area (Å²) >= 11 is 0. The highest BCUT2D eigenvalue weighted by molar-refractivity contribution is 5.76. The summed E-state index contributed by atoms with van der Waals surface area (Å²) in [6.45, 7) is 6.47. The Morgan fingerprint density at radius 3 is 3.00 bits per heavy atom. The molecule has 0 bridgehead atoms. The van der Waals surface area contributed by atoms with Gasteiger partial charge in [0.25, 0.3) is 0 Å². The lowest BCUT2D eigenvalue weighted by Gasteiger charge is -2.28. The summed E-state index contributed by atoms with van der Waals surface area (Å²) in [7, 11) is 0. The topological polar surface area (TPSA) is 41.1 Å². The Bertz CT molecular complexity index is 484. The van der Waals surface area contributed by atoms with Crippen LogP contribution in [-0.4, -0.2) is 19.0 Å². The van der Waals surface area contributed by atoms with E-state index in [0.29, 0.717) is 30.4 Å². The molecule has 4 heteroatoms. The zero-order chi connectivity index (χ0) is 15.2. The van der Waals surface area contributed by atoms with E-state index in [4.69, 9.17) is 0 Å². The van der Waals surface area contributed by atoms with Gasteiger partial charge in [-0.2, -0.15) is 0 Å². The highest BCUT2D eigenvalue weighted by Gasteiger charge is 2.21. The molecule has 0 spiro atoms. The molecule has 1 aromatic carbocycles. The number of aryl methyl sites for hydroxylation is 1. The molecule has 1 amide bonds. The molecule has 2 atom stereocenters. The first-order chi connectivity index (χ1) is 10.1. The minimum Gasteiger partial charge on any atom is -0.352 e. The van der Waals surface area contributed by atoms with E-state index in [0.717, 1.165) is 18.7 Å². The Morgan fingerprint density at radius 2 is 2.33 bits per heavy atom. The summed E-state index contributed by atoms with van der Waals surface area (Å²) in [5.74, 6) is 0.865. The van der Waals surface area contributed by atoms with Crippen molar-refractivity contribution in [3.05, 3.63) is 35.1 Å². The zero-order valence-corrected chi connectivity index (χ0v) is 12.9. The fourth-order valence-electron chi connectivity index (χ4n) is 2.91. The van der Waals surface area contributed by atoms with Crippen LogP contribution in [0.5, 0.6) is 0 Å². The van der Waals surface area contributed by atoms with Crippen molar-refractivity contribution in [1.82, 2.24) is 10.6 Å². The van der Waals surface area contributed by atoms with Gasteiger partial charge in [0.1, 0.15) is 5.82 Å². The first-order valence-electron chi connectivity index (χ1n) is 7.78. The summed E-state index contributed by atoms with van der Waals surface area (Å²) in [5, 5.41) is 6.32. The van der Waals surface area contributed by atoms with Crippen LogP contribution in [0.25, 0.3) is 0 Å². The lowest BCUT2D eigenvalue weighted by atomic mass is 9.85. The number of halogens is 1. The van der Waals surface area contributed by atoms with E-state index >= 15 is 0 Å². The first kappa shape index (κ1) is 16.0. The summed E-state index contributed by atoms with van der Waals surface area (Å²) in [5.41, 5.74) is 1.55. The molecule has 0 saturated carbocycles. The number of hydrogen-bond donors (Lipinski definition) is 2. The average molecular weight is 292 g/mol. The summed E-state index contributed by atoms with van der Waals surface area (Å²) in [4.78, 5) is 12.0. The third kappa shape index (κ3) is 4.81. The van der Waals surface area contributed by atoms with Gasteiger partial charge in [0.2, 0.25) is 5.91 Å². The van der Waals surface area contributed by atoms with Gasteiger partial charge in [-0.15, -0.1) is 0 Å². The normalized spacial score (nSPS) is 20.0. The molecule has 0 aliphatic carbocycles. The lowest BCUT2D eigenvalue weighted by molar-refractivity contribution is -0.122. The number of carbonyl (C=O) groups is 1. The minimum atomic E-state index is -0.205. The Labute approximate surface area is 126 Å². The fraction of sp³-hybridized carbons (Fsp3) is 0.588. The predicted molar refractivity (Wildman–Crippen MR) is 82.4 cm³/mol. The van der Waals surface area contributed by atoms with Gasteiger partial charge in [-0.05, 0) is 61.9 Å². The standard InChI is InChI=1S/C17H25FN2O/c1-12(15-4-3-7-19-11-15)9-17(21)20-10-14-5-6-16(18)13(2)8-14/h5-6,8,12,15,19H,3-4,7,9-11H2,1-2H3,(H,20,21). The molecule has 2 rings (SSSR count). The molecule has 1 aliphatic rings. The highest BCUT2D eigenvalue weighted by Crippen LogP contribution is 2.22. The van der Waals surface area contributed by atoms with Crippen molar-refractivity contribution in [2.45, 2.75) is 39.7 Å². The lowest BCUT2D eigenvalue weighted by Crippen LogP contribution is -2.35. The number of amides is 1. The maximum absolute atomic E-state index is 13.2. The van der Waals surface area contributed by atoms with Gasteiger partial charge in [-0.1, -0.05) is 19.1 Å². The van der Waals surface area contributed by atoms with Crippen LogP contribution in [0, 0.1) is 24.6 Å². The van der Waals surface area contributed by atoms with Crippen molar-refractivity contribution in [3.63, 3.8) is 0 Å². The average Bonchev–Trinajstić information content (AvgIpc) is 2.49. The van der Waals surface area contributed by atoms with Crippen LogP contribution in [-0.2, 0) is 11.3 Å². The molecular formula is C17H25FN2O. The molecular weight excluding hydrogens is 267 g/mol. The van der Waals surface area contributed by atoms with Crippen LogP contribution in [0.3, 0.4) is 0 Å². The van der Waals surface area contributed by atoms with E-state index in [1.54, 1.807) is 19.1 Å². The van der Waals surface area contributed by atoms with Gasteiger partial charge in [-0.3, -0.25) is 4.79 Å². The highest BCUT2D eigenvalue weighted by atomic mass is 19.1. The molecule has 2 unspecified atom stereocenters. The predicted octanol–water partition coefficient (Wildman–Crippen LogP) is 2.78. The van der Waals surface area contributed by atoms with Crippen LogP contribution in [0.1, 0.15) is 37.3 Å². The molecule has 0 aromatic heterocycles. The van der Waals surface area contributed by atoms with Crippen LogP contribution in [0.2, 0.25) is 0 Å². The molecule has 116 valence electrons. The van der Waals surface area contributed by atoms with Crippen molar-refractivity contribution in [2.75, 3.05) is 13.1 Å². The SMILES string of the molecule is Cc1cc(CNC(=O)CC(C)C2CCCNC2)ccc1F. The van der Waals surface area contributed by atoms with Crippen molar-refractivity contribution in [1.29, 1.82) is 0 Å². The number of carbonyl (C=O) groups excluding carboxylic acids is 1. The molecule has 1 fully saturated rings. The van der Waals surface area contributed by atoms with Crippen molar-refractivity contribution >= 4 is 5.91 Å². The van der Waals surface area contributed by atoms with Gasteiger partial charge in [0.15, 0.2) is 0 Å². The summed E-state index contributed by atoms with van der Waals surface area (Å²) in [6.07, 6.45) is 2.97. The van der Waals surface area contributed by atoms with Crippen molar-refractivity contribution < 1.29 is 9.18 Å². The molecule has 1 aromatic rings. The van der Waals surface area contributed by atoms with Crippen LogP contribution in [0.15, 0.2) is 18.2 Å². The second-order valence-electron chi connectivity index (χ2n) is 6.15. The molecule has 0 radical (unpaired) electrons. The van der Waals surface area contributed by atoms with E-state index in [2.05, 4.69) is 17.6 Å². The van der Waals surface area contributed by atoms with E-state index in [-0.39, 0.29) is 11.7 Å². The molecule has 1 saturated heterocycles. The largest absolute Gasteiger partial charge is 0.352 e. The monoisotopic (exact) mass is 292 g/mol. The van der Waals surface area contributed by atoms with Gasteiger partial charge in [-0.25, -0.2) is 4.39 Å². The quantitative estimate of drug-likeness (QED) is 0.876. The molecule has 3 nitrogen and oxygen atoms in total. The second kappa shape index (κ2) is 7.55. The molecule has 1 heterocycles. The fourth-order valence-corrected chi connectivity index (χ4v) is 2.91. The smallest absolute Gasteiger partial charge is 0.220 e. The maximum atomic E-state index is 13.2. The maximum Gasteiger partial charge on any atom is 0.220 e. The number of hydrogen-bond acceptors (Lipinski definition) is 2. The number of nitrogens with one attached hydrogen (secondary N) is 2. The first-order valence-corrected chi connectivity index (χ1v) is 7.78. The van der Waals surface area contributed by atoms with Gasteiger partial charge >= 0.3 is 0 Å². The van der Waals surface area contributed by atoms with Crippen molar-refractivity contribution in [3.8, 4) is 0 Å². The third-order valence-electron chi connectivity index (χ3n) is 4.36. The number of piperidine rings is 1. The second-order valence-corrected chi connectivity index (χ2v) is 6.15. The Balaban J connectivity index is 1.77. The summed E-state index contributed by atoms with van der Waals surface area (Å²) in [6, 6.07) is 4.95. The van der Waals surface area contributed by atoms with E-state index in [9.17, 15) is 9.18 Å². The van der Waals surface area contributed by atoms with Gasteiger partial charge in [0, 0.05) is 13.0 Å². The summed E-state index contributed by atoms with van der Waals surface area (Å²) < 4.78 is 13.2. The number of rotatable bonds is 5. The van der Waals surface area contributed by atoms with E-state index < -0.39 is 0 Å². The molecule has 2 N–H and O–H groups in total. The number of benzene rings is 1. The van der Waals surface area contributed by atoms with Crippen LogP contribution in [0.4, 0.5) is 4.39 Å². The third-order valence-corrected chi connectivity index (χ3v) is 4.36. The Kier molecular flexibility index (Phi) is 5.74. The van der Waals surface area contributed by atoms with E-state index in [1.807, 2.05) is 0 Å². The zero-order valence-electron chi connectivity index (χ0n) is 12.9. The van der Waals surface area contributed by atoms with Gasteiger partial charge < -0.3 is 10.6 Å². The van der Waals surface area contributed by atoms with Crippen molar-refractivity contribution in [2.24, 2.45) is 11.8 Å². The van der Waals surface area contributed by atoms with Crippen LogP contribution < -0.4 is 10.6 Å². The molecule has 1 aliphatic heterocycles. The van der Waals surface area contributed by atoms with E-state index in [1.165, 1.54) is 18.9 Å². The van der Waals surface area contributed by atoms with Gasteiger partial charge in [0.05, 0.1) is 0 Å².